The molecule has 8 heteroatoms. The molecule has 136 valence electrons. The summed E-state index contributed by atoms with van der Waals surface area (Å²) >= 11 is 5.04. The van der Waals surface area contributed by atoms with Crippen molar-refractivity contribution in [1.29, 1.82) is 0 Å². The zero-order valence-corrected chi connectivity index (χ0v) is 16.7. The molecule has 1 fully saturated rings. The summed E-state index contributed by atoms with van der Waals surface area (Å²) in [6.45, 7) is 5.43. The second-order valence-corrected chi connectivity index (χ2v) is 8.88. The zero-order chi connectivity index (χ0) is 17.6. The minimum Gasteiger partial charge on any atom is -0.356 e. The van der Waals surface area contributed by atoms with Gasteiger partial charge in [-0.05, 0) is 59.8 Å². The van der Waals surface area contributed by atoms with Crippen LogP contribution in [0, 0.1) is 5.92 Å². The third-order valence-corrected chi connectivity index (χ3v) is 5.91. The molecule has 0 saturated carbocycles. The van der Waals surface area contributed by atoms with Crippen LogP contribution in [0.1, 0.15) is 38.5 Å². The number of nitrogens with zero attached hydrogens (tertiary/aromatic N) is 3. The molecule has 1 unspecified atom stereocenters. The van der Waals surface area contributed by atoms with Gasteiger partial charge in [0, 0.05) is 19.5 Å². The standard InChI is InChI=1S/C17H23BrN4O2S/c1-2-4-15(23)19-9-12-5-3-8-22(10-12)11-16-20-17(21-24-16)13-6-7-14(18)25-13/h6-7,12H,2-5,8-11H2,1H3,(H,19,23). The second-order valence-electron chi connectivity index (χ2n) is 6.41. The first-order chi connectivity index (χ1) is 12.1. The number of hydrogen-bond acceptors (Lipinski definition) is 6. The zero-order valence-electron chi connectivity index (χ0n) is 14.3. The van der Waals surface area contributed by atoms with Crippen molar-refractivity contribution in [2.45, 2.75) is 39.2 Å². The van der Waals surface area contributed by atoms with Gasteiger partial charge in [-0.3, -0.25) is 9.69 Å². The highest BCUT2D eigenvalue weighted by Crippen LogP contribution is 2.29. The van der Waals surface area contributed by atoms with Crippen LogP contribution in [0.2, 0.25) is 0 Å². The molecule has 1 aliphatic heterocycles. The number of amides is 1. The third kappa shape index (κ3) is 5.36. The van der Waals surface area contributed by atoms with Crippen LogP contribution >= 0.6 is 27.3 Å². The van der Waals surface area contributed by atoms with E-state index in [1.165, 1.54) is 0 Å². The Morgan fingerprint density at radius 3 is 3.16 bits per heavy atom. The molecule has 1 aliphatic rings. The van der Waals surface area contributed by atoms with Gasteiger partial charge < -0.3 is 9.84 Å². The van der Waals surface area contributed by atoms with Crippen molar-refractivity contribution < 1.29 is 9.32 Å². The lowest BCUT2D eigenvalue weighted by atomic mass is 9.98. The summed E-state index contributed by atoms with van der Waals surface area (Å²) in [5, 5.41) is 7.13. The van der Waals surface area contributed by atoms with E-state index in [1.807, 2.05) is 19.1 Å². The molecule has 25 heavy (non-hydrogen) atoms. The van der Waals surface area contributed by atoms with E-state index in [-0.39, 0.29) is 5.91 Å². The van der Waals surface area contributed by atoms with Gasteiger partial charge >= 0.3 is 0 Å². The largest absolute Gasteiger partial charge is 0.356 e. The number of nitrogens with one attached hydrogen (secondary N) is 1. The fraction of sp³-hybridized carbons (Fsp3) is 0.588. The number of carbonyl (C=O) groups is 1. The average molecular weight is 427 g/mol. The molecule has 1 amide bonds. The van der Waals surface area contributed by atoms with Gasteiger partial charge in [0.15, 0.2) is 0 Å². The summed E-state index contributed by atoms with van der Waals surface area (Å²) in [6, 6.07) is 3.97. The van der Waals surface area contributed by atoms with Crippen molar-refractivity contribution in [2.24, 2.45) is 5.92 Å². The number of piperidine rings is 1. The van der Waals surface area contributed by atoms with Gasteiger partial charge in [0.2, 0.25) is 17.6 Å². The molecule has 0 spiro atoms. The Morgan fingerprint density at radius 2 is 2.40 bits per heavy atom. The van der Waals surface area contributed by atoms with Crippen LogP contribution in [0.5, 0.6) is 0 Å². The lowest BCUT2D eigenvalue weighted by Crippen LogP contribution is -2.40. The molecule has 0 aliphatic carbocycles. The lowest BCUT2D eigenvalue weighted by Gasteiger charge is -2.31. The summed E-state index contributed by atoms with van der Waals surface area (Å²) in [5.74, 6) is 1.94. The van der Waals surface area contributed by atoms with Crippen molar-refractivity contribution in [2.75, 3.05) is 19.6 Å². The van der Waals surface area contributed by atoms with E-state index in [2.05, 4.69) is 36.3 Å². The van der Waals surface area contributed by atoms with Crippen LogP contribution < -0.4 is 5.32 Å². The van der Waals surface area contributed by atoms with E-state index in [9.17, 15) is 4.79 Å². The van der Waals surface area contributed by atoms with Crippen molar-refractivity contribution >= 4 is 33.2 Å². The molecule has 2 aromatic heterocycles. The van der Waals surface area contributed by atoms with Crippen LogP contribution in [0.4, 0.5) is 0 Å². The summed E-state index contributed by atoms with van der Waals surface area (Å²) in [4.78, 5) is 19.5. The minimum atomic E-state index is 0.156. The maximum Gasteiger partial charge on any atom is 0.241 e. The summed E-state index contributed by atoms with van der Waals surface area (Å²) in [5.41, 5.74) is 0. The van der Waals surface area contributed by atoms with E-state index < -0.39 is 0 Å². The molecule has 1 saturated heterocycles. The SMILES string of the molecule is CCCC(=O)NCC1CCCN(Cc2nc(-c3ccc(Br)s3)no2)C1. The van der Waals surface area contributed by atoms with Gasteiger partial charge in [0.1, 0.15) is 0 Å². The Hall–Kier alpha value is -1.25. The average Bonchev–Trinajstić information content (AvgIpc) is 3.23. The van der Waals surface area contributed by atoms with Crippen LogP contribution in [-0.2, 0) is 11.3 Å². The molecule has 0 aromatic carbocycles. The Kier molecular flexibility index (Phi) is 6.61. The highest BCUT2D eigenvalue weighted by atomic mass is 79.9. The summed E-state index contributed by atoms with van der Waals surface area (Å²) in [7, 11) is 0. The van der Waals surface area contributed by atoms with Crippen molar-refractivity contribution in [3.8, 4) is 10.7 Å². The predicted octanol–water partition coefficient (Wildman–Crippen LogP) is 3.69. The fourth-order valence-corrected chi connectivity index (χ4v) is 4.39. The maximum absolute atomic E-state index is 11.6. The molecule has 1 atom stereocenters. The van der Waals surface area contributed by atoms with Crippen molar-refractivity contribution in [1.82, 2.24) is 20.4 Å². The van der Waals surface area contributed by atoms with Gasteiger partial charge in [0.25, 0.3) is 0 Å². The van der Waals surface area contributed by atoms with E-state index in [4.69, 9.17) is 4.52 Å². The molecule has 0 bridgehead atoms. The molecule has 0 radical (unpaired) electrons. The van der Waals surface area contributed by atoms with Crippen molar-refractivity contribution in [3.63, 3.8) is 0 Å². The number of carbonyl (C=O) groups excluding carboxylic acids is 1. The topological polar surface area (TPSA) is 71.3 Å². The van der Waals surface area contributed by atoms with E-state index >= 15 is 0 Å². The number of likely N-dealkylation sites (tertiary alicyclic amines) is 1. The van der Waals surface area contributed by atoms with Gasteiger partial charge in [-0.2, -0.15) is 4.98 Å². The number of thiophene rings is 1. The van der Waals surface area contributed by atoms with Gasteiger partial charge in [-0.25, -0.2) is 0 Å². The fourth-order valence-electron chi connectivity index (χ4n) is 3.08. The molecule has 1 N–H and O–H groups in total. The molecule has 3 rings (SSSR count). The summed E-state index contributed by atoms with van der Waals surface area (Å²) < 4.78 is 6.47. The highest BCUT2D eigenvalue weighted by molar-refractivity contribution is 9.11. The molecular formula is C17H23BrN4O2S. The van der Waals surface area contributed by atoms with Crippen LogP contribution in [0.3, 0.4) is 0 Å². The van der Waals surface area contributed by atoms with Crippen LogP contribution in [0.25, 0.3) is 10.7 Å². The molecule has 2 aromatic rings. The Morgan fingerprint density at radius 1 is 1.52 bits per heavy atom. The maximum atomic E-state index is 11.6. The lowest BCUT2D eigenvalue weighted by molar-refractivity contribution is -0.121. The van der Waals surface area contributed by atoms with E-state index in [1.54, 1.807) is 11.3 Å². The highest BCUT2D eigenvalue weighted by Gasteiger charge is 2.22. The Bertz CT molecular complexity index is 702. The quantitative estimate of drug-likeness (QED) is 0.730. The molecule has 6 nitrogen and oxygen atoms in total. The normalized spacial score (nSPS) is 18.4. The number of aromatic nitrogens is 2. The number of halogens is 1. The monoisotopic (exact) mass is 426 g/mol. The Labute approximate surface area is 160 Å². The second kappa shape index (κ2) is 8.91. The molecular weight excluding hydrogens is 404 g/mol. The number of hydrogen-bond donors (Lipinski definition) is 1. The number of rotatable bonds is 7. The van der Waals surface area contributed by atoms with Gasteiger partial charge in [0.05, 0.1) is 15.2 Å². The van der Waals surface area contributed by atoms with Gasteiger partial charge in [-0.1, -0.05) is 12.1 Å². The smallest absolute Gasteiger partial charge is 0.241 e. The van der Waals surface area contributed by atoms with Gasteiger partial charge in [-0.15, -0.1) is 11.3 Å². The van der Waals surface area contributed by atoms with Crippen LogP contribution in [0.15, 0.2) is 20.4 Å². The van der Waals surface area contributed by atoms with E-state index in [0.29, 0.717) is 30.6 Å². The molecule has 3 heterocycles. The minimum absolute atomic E-state index is 0.156. The first-order valence-electron chi connectivity index (χ1n) is 8.71. The van der Waals surface area contributed by atoms with Crippen LogP contribution in [-0.4, -0.2) is 40.6 Å². The van der Waals surface area contributed by atoms with Crippen molar-refractivity contribution in [3.05, 3.63) is 21.8 Å². The first-order valence-corrected chi connectivity index (χ1v) is 10.3. The van der Waals surface area contributed by atoms with E-state index in [0.717, 1.165) is 47.6 Å². The Balaban J connectivity index is 1.51. The third-order valence-electron chi connectivity index (χ3n) is 4.29. The first kappa shape index (κ1) is 18.5. The predicted molar refractivity (Wildman–Crippen MR) is 101 cm³/mol. The summed E-state index contributed by atoms with van der Waals surface area (Å²) in [6.07, 6.45) is 3.79.